The second kappa shape index (κ2) is 8.34. The third-order valence-corrected chi connectivity index (χ3v) is 7.32. The highest BCUT2D eigenvalue weighted by Gasteiger charge is 2.33. The van der Waals surface area contributed by atoms with Gasteiger partial charge in [-0.1, -0.05) is 23.2 Å². The lowest BCUT2D eigenvalue weighted by atomic mass is 9.97. The molecule has 1 aromatic rings. The minimum Gasteiger partial charge on any atom is -0.352 e. The Morgan fingerprint density at radius 1 is 1.11 bits per heavy atom. The summed E-state index contributed by atoms with van der Waals surface area (Å²) < 4.78 is 26.9. The molecule has 1 saturated carbocycles. The Balaban J connectivity index is 1.53. The van der Waals surface area contributed by atoms with Crippen LogP contribution in [0.25, 0.3) is 0 Å². The van der Waals surface area contributed by atoms with Gasteiger partial charge < -0.3 is 10.6 Å². The first kappa shape index (κ1) is 20.4. The molecule has 1 aliphatic heterocycles. The van der Waals surface area contributed by atoms with Crippen LogP contribution in [0.5, 0.6) is 0 Å². The maximum atomic E-state index is 12.8. The Labute approximate surface area is 168 Å². The van der Waals surface area contributed by atoms with Crippen LogP contribution in [0.3, 0.4) is 0 Å². The van der Waals surface area contributed by atoms with E-state index in [2.05, 4.69) is 10.6 Å². The average Bonchev–Trinajstić information content (AvgIpc) is 3.45. The van der Waals surface area contributed by atoms with Gasteiger partial charge in [-0.05, 0) is 43.9 Å². The van der Waals surface area contributed by atoms with Crippen molar-refractivity contribution in [1.82, 2.24) is 14.9 Å². The number of nitrogens with one attached hydrogen (secondary N) is 2. The van der Waals surface area contributed by atoms with Crippen LogP contribution in [0.15, 0.2) is 23.1 Å². The number of hydrogen-bond donors (Lipinski definition) is 2. The zero-order valence-electron chi connectivity index (χ0n) is 14.6. The Morgan fingerprint density at radius 3 is 2.41 bits per heavy atom. The summed E-state index contributed by atoms with van der Waals surface area (Å²) in [7, 11) is -3.78. The average molecular weight is 434 g/mol. The minimum atomic E-state index is -3.78. The molecule has 2 fully saturated rings. The first-order chi connectivity index (χ1) is 12.8. The van der Waals surface area contributed by atoms with Gasteiger partial charge in [0, 0.05) is 30.1 Å². The highest BCUT2D eigenvalue weighted by molar-refractivity contribution is 7.89. The molecular formula is C17H21Cl2N3O4S. The van der Waals surface area contributed by atoms with E-state index in [4.69, 9.17) is 23.2 Å². The number of halogens is 2. The lowest BCUT2D eigenvalue weighted by Crippen LogP contribution is -2.45. The molecule has 1 heterocycles. The summed E-state index contributed by atoms with van der Waals surface area (Å²) in [6.07, 6.45) is 2.74. The first-order valence-electron chi connectivity index (χ1n) is 8.79. The van der Waals surface area contributed by atoms with Gasteiger partial charge in [0.05, 0.1) is 11.6 Å². The van der Waals surface area contributed by atoms with E-state index >= 15 is 0 Å². The monoisotopic (exact) mass is 433 g/mol. The quantitative estimate of drug-likeness (QED) is 0.714. The summed E-state index contributed by atoms with van der Waals surface area (Å²) in [5, 5.41) is 5.83. The van der Waals surface area contributed by atoms with E-state index in [1.54, 1.807) is 0 Å². The lowest BCUT2D eigenvalue weighted by molar-refractivity contribution is -0.129. The topological polar surface area (TPSA) is 95.6 Å². The second-order valence-electron chi connectivity index (χ2n) is 6.81. The maximum Gasteiger partial charge on any atom is 0.244 e. The van der Waals surface area contributed by atoms with Gasteiger partial charge in [0.2, 0.25) is 21.8 Å². The molecule has 7 nitrogen and oxygen atoms in total. The molecule has 1 aliphatic carbocycles. The van der Waals surface area contributed by atoms with Gasteiger partial charge in [-0.2, -0.15) is 4.31 Å². The standard InChI is InChI=1S/C17H21Cl2N3O4S/c18-12-1-4-14(19)15(9-12)27(25,26)22-7-5-11(6-8-22)17(24)20-10-16(23)21-13-2-3-13/h1,4,9,11,13H,2-3,5-8,10H2,(H,20,24)(H,21,23). The van der Waals surface area contributed by atoms with E-state index in [0.717, 1.165) is 12.8 Å². The molecule has 0 aromatic heterocycles. The summed E-state index contributed by atoms with van der Waals surface area (Å²) in [6, 6.07) is 4.56. The SMILES string of the molecule is O=C(CNC(=O)C1CCN(S(=O)(=O)c2cc(Cl)ccc2Cl)CC1)NC1CC1. The molecule has 27 heavy (non-hydrogen) atoms. The van der Waals surface area contributed by atoms with Crippen molar-refractivity contribution in [2.45, 2.75) is 36.6 Å². The maximum absolute atomic E-state index is 12.8. The molecule has 0 unspecified atom stereocenters. The number of benzene rings is 1. The van der Waals surface area contributed by atoms with Crippen LogP contribution in [0.2, 0.25) is 10.0 Å². The van der Waals surface area contributed by atoms with Crippen molar-refractivity contribution < 1.29 is 18.0 Å². The van der Waals surface area contributed by atoms with Gasteiger partial charge in [0.1, 0.15) is 4.90 Å². The molecule has 148 valence electrons. The number of sulfonamides is 1. The summed E-state index contributed by atoms with van der Waals surface area (Å²) in [6.45, 7) is 0.362. The number of carbonyl (C=O) groups is 2. The predicted octanol–water partition coefficient (Wildman–Crippen LogP) is 1.79. The normalized spacial score (nSPS) is 18.9. The fraction of sp³-hybridized carbons (Fsp3) is 0.529. The van der Waals surface area contributed by atoms with Crippen molar-refractivity contribution in [3.63, 3.8) is 0 Å². The number of carbonyl (C=O) groups excluding carboxylic acids is 2. The Bertz CT molecular complexity index is 835. The van der Waals surface area contributed by atoms with Gasteiger partial charge in [-0.3, -0.25) is 9.59 Å². The Morgan fingerprint density at radius 2 is 1.78 bits per heavy atom. The van der Waals surface area contributed by atoms with Crippen LogP contribution >= 0.6 is 23.2 Å². The van der Waals surface area contributed by atoms with E-state index < -0.39 is 10.0 Å². The fourth-order valence-electron chi connectivity index (χ4n) is 2.99. The Kier molecular flexibility index (Phi) is 6.30. The van der Waals surface area contributed by atoms with Crippen LogP contribution in [0.4, 0.5) is 0 Å². The zero-order chi connectivity index (χ0) is 19.6. The highest BCUT2D eigenvalue weighted by atomic mass is 35.5. The molecule has 1 saturated heterocycles. The highest BCUT2D eigenvalue weighted by Crippen LogP contribution is 2.30. The number of amides is 2. The van der Waals surface area contributed by atoms with Crippen LogP contribution in [0.1, 0.15) is 25.7 Å². The van der Waals surface area contributed by atoms with Crippen molar-refractivity contribution in [3.8, 4) is 0 Å². The second-order valence-corrected chi connectivity index (χ2v) is 9.56. The smallest absolute Gasteiger partial charge is 0.244 e. The van der Waals surface area contributed by atoms with E-state index in [-0.39, 0.29) is 58.3 Å². The number of hydrogen-bond acceptors (Lipinski definition) is 4. The molecule has 0 atom stereocenters. The summed E-state index contributed by atoms with van der Waals surface area (Å²) in [5.41, 5.74) is 0. The van der Waals surface area contributed by atoms with E-state index in [1.807, 2.05) is 0 Å². The fourth-order valence-corrected chi connectivity index (χ4v) is 5.20. The molecule has 10 heteroatoms. The van der Waals surface area contributed by atoms with Crippen LogP contribution in [-0.4, -0.2) is 50.2 Å². The van der Waals surface area contributed by atoms with Crippen molar-refractivity contribution in [2.24, 2.45) is 5.92 Å². The molecule has 3 rings (SSSR count). The van der Waals surface area contributed by atoms with Crippen LogP contribution in [0, 0.1) is 5.92 Å². The minimum absolute atomic E-state index is 0.0312. The third-order valence-electron chi connectivity index (χ3n) is 4.70. The molecule has 2 N–H and O–H groups in total. The number of nitrogens with zero attached hydrogens (tertiary/aromatic N) is 1. The summed E-state index contributed by atoms with van der Waals surface area (Å²) in [4.78, 5) is 23.8. The van der Waals surface area contributed by atoms with Crippen molar-refractivity contribution in [2.75, 3.05) is 19.6 Å². The van der Waals surface area contributed by atoms with Crippen molar-refractivity contribution in [3.05, 3.63) is 28.2 Å². The van der Waals surface area contributed by atoms with E-state index in [1.165, 1.54) is 22.5 Å². The molecular weight excluding hydrogens is 413 g/mol. The Hall–Kier alpha value is -1.35. The van der Waals surface area contributed by atoms with Gasteiger partial charge >= 0.3 is 0 Å². The number of rotatable bonds is 6. The van der Waals surface area contributed by atoms with Gasteiger partial charge in [-0.15, -0.1) is 0 Å². The first-order valence-corrected chi connectivity index (χ1v) is 11.0. The lowest BCUT2D eigenvalue weighted by Gasteiger charge is -2.30. The number of piperidine rings is 1. The van der Waals surface area contributed by atoms with Crippen molar-refractivity contribution >= 4 is 45.0 Å². The third kappa shape index (κ3) is 5.13. The van der Waals surface area contributed by atoms with Crippen LogP contribution < -0.4 is 10.6 Å². The summed E-state index contributed by atoms with van der Waals surface area (Å²) in [5.74, 6) is -0.736. The molecule has 1 aromatic carbocycles. The largest absolute Gasteiger partial charge is 0.352 e. The zero-order valence-corrected chi connectivity index (χ0v) is 16.9. The van der Waals surface area contributed by atoms with Gasteiger partial charge in [0.25, 0.3) is 0 Å². The predicted molar refractivity (Wildman–Crippen MR) is 102 cm³/mol. The summed E-state index contributed by atoms with van der Waals surface area (Å²) >= 11 is 11.9. The molecule has 2 amide bonds. The van der Waals surface area contributed by atoms with Gasteiger partial charge in [-0.25, -0.2) is 8.42 Å². The molecule has 0 bridgehead atoms. The van der Waals surface area contributed by atoms with Crippen LogP contribution in [-0.2, 0) is 19.6 Å². The molecule has 0 radical (unpaired) electrons. The molecule has 0 spiro atoms. The van der Waals surface area contributed by atoms with Crippen molar-refractivity contribution in [1.29, 1.82) is 0 Å². The van der Waals surface area contributed by atoms with E-state index in [9.17, 15) is 18.0 Å². The molecule has 2 aliphatic rings. The van der Waals surface area contributed by atoms with E-state index in [0.29, 0.717) is 12.8 Å². The van der Waals surface area contributed by atoms with Gasteiger partial charge in [0.15, 0.2) is 0 Å².